The highest BCUT2D eigenvalue weighted by atomic mass is 16.5. The molecule has 0 bridgehead atoms. The third-order valence-corrected chi connectivity index (χ3v) is 3.87. The fourth-order valence-corrected chi connectivity index (χ4v) is 2.88. The number of hydrogen-bond acceptors (Lipinski definition) is 3. The summed E-state index contributed by atoms with van der Waals surface area (Å²) < 4.78 is 5.42. The predicted octanol–water partition coefficient (Wildman–Crippen LogP) is 1.37. The molecular weight excluding hydrogens is 188 g/mol. The van der Waals surface area contributed by atoms with Crippen LogP contribution in [-0.2, 0) is 4.74 Å². The molecule has 2 atom stereocenters. The zero-order chi connectivity index (χ0) is 10.7. The third-order valence-electron chi connectivity index (χ3n) is 3.87. The van der Waals surface area contributed by atoms with Gasteiger partial charge >= 0.3 is 0 Å². The number of nitrogens with zero attached hydrogens (tertiary/aromatic N) is 1. The first-order valence-electron chi connectivity index (χ1n) is 6.34. The van der Waals surface area contributed by atoms with Crippen LogP contribution in [0, 0.1) is 0 Å². The van der Waals surface area contributed by atoms with Crippen LogP contribution < -0.4 is 5.73 Å². The zero-order valence-corrected chi connectivity index (χ0v) is 9.87. The summed E-state index contributed by atoms with van der Waals surface area (Å²) in [5, 5.41) is 0. The monoisotopic (exact) mass is 212 g/mol. The Hall–Kier alpha value is -0.120. The lowest BCUT2D eigenvalue weighted by atomic mass is 9.94. The van der Waals surface area contributed by atoms with E-state index in [9.17, 15) is 0 Å². The number of hydrogen-bond donors (Lipinski definition) is 1. The Morgan fingerprint density at radius 3 is 3.00 bits per heavy atom. The lowest BCUT2D eigenvalue weighted by Gasteiger charge is -2.39. The highest BCUT2D eigenvalue weighted by Gasteiger charge is 2.34. The van der Waals surface area contributed by atoms with Gasteiger partial charge in [0, 0.05) is 19.2 Å². The second-order valence-electron chi connectivity index (χ2n) is 5.19. The third kappa shape index (κ3) is 2.71. The molecule has 15 heavy (non-hydrogen) atoms. The SMILES string of the molecule is CCC1CCCCN1CC1(N)CCOC1. The van der Waals surface area contributed by atoms with Crippen molar-refractivity contribution in [3.63, 3.8) is 0 Å². The Labute approximate surface area is 93.0 Å². The number of ether oxygens (including phenoxy) is 1. The number of rotatable bonds is 3. The average Bonchev–Trinajstić information content (AvgIpc) is 2.66. The van der Waals surface area contributed by atoms with Crippen molar-refractivity contribution in [2.24, 2.45) is 5.73 Å². The fraction of sp³-hybridized carbons (Fsp3) is 1.00. The maximum Gasteiger partial charge on any atom is 0.0659 e. The lowest BCUT2D eigenvalue weighted by molar-refractivity contribution is 0.0994. The van der Waals surface area contributed by atoms with E-state index < -0.39 is 0 Å². The molecule has 2 saturated heterocycles. The summed E-state index contributed by atoms with van der Waals surface area (Å²) in [6.45, 7) is 6.15. The van der Waals surface area contributed by atoms with Crippen LogP contribution >= 0.6 is 0 Å². The minimum absolute atomic E-state index is 0.0647. The van der Waals surface area contributed by atoms with Crippen molar-refractivity contribution >= 4 is 0 Å². The molecular formula is C12H24N2O. The minimum Gasteiger partial charge on any atom is -0.379 e. The summed E-state index contributed by atoms with van der Waals surface area (Å²) in [6, 6.07) is 0.764. The molecule has 0 aromatic carbocycles. The fourth-order valence-electron chi connectivity index (χ4n) is 2.88. The van der Waals surface area contributed by atoms with Crippen molar-refractivity contribution < 1.29 is 4.74 Å². The molecule has 2 rings (SSSR count). The summed E-state index contributed by atoms with van der Waals surface area (Å²) in [4.78, 5) is 2.60. The molecule has 2 unspecified atom stereocenters. The largest absolute Gasteiger partial charge is 0.379 e. The van der Waals surface area contributed by atoms with Crippen molar-refractivity contribution in [1.29, 1.82) is 0 Å². The molecule has 0 aliphatic carbocycles. The molecule has 0 aromatic rings. The Morgan fingerprint density at radius 1 is 1.47 bits per heavy atom. The average molecular weight is 212 g/mol. The van der Waals surface area contributed by atoms with Crippen LogP contribution in [0.3, 0.4) is 0 Å². The van der Waals surface area contributed by atoms with Crippen molar-refractivity contribution in [2.45, 2.75) is 50.6 Å². The molecule has 2 fully saturated rings. The maximum absolute atomic E-state index is 6.34. The van der Waals surface area contributed by atoms with Crippen molar-refractivity contribution in [2.75, 3.05) is 26.3 Å². The van der Waals surface area contributed by atoms with E-state index in [1.165, 1.54) is 32.2 Å². The van der Waals surface area contributed by atoms with E-state index in [1.807, 2.05) is 0 Å². The molecule has 0 spiro atoms. The van der Waals surface area contributed by atoms with Gasteiger partial charge in [0.15, 0.2) is 0 Å². The molecule has 2 N–H and O–H groups in total. The van der Waals surface area contributed by atoms with E-state index in [2.05, 4.69) is 11.8 Å². The van der Waals surface area contributed by atoms with Crippen LogP contribution in [0.4, 0.5) is 0 Å². The first-order chi connectivity index (χ1) is 7.23. The van der Waals surface area contributed by atoms with Gasteiger partial charge in [-0.15, -0.1) is 0 Å². The van der Waals surface area contributed by atoms with Crippen LogP contribution in [0.15, 0.2) is 0 Å². The highest BCUT2D eigenvalue weighted by molar-refractivity contribution is 4.93. The van der Waals surface area contributed by atoms with Crippen molar-refractivity contribution in [3.05, 3.63) is 0 Å². The Morgan fingerprint density at radius 2 is 2.33 bits per heavy atom. The first-order valence-corrected chi connectivity index (χ1v) is 6.34. The molecule has 3 heteroatoms. The number of nitrogens with two attached hydrogens (primary N) is 1. The molecule has 88 valence electrons. The Bertz CT molecular complexity index is 202. The van der Waals surface area contributed by atoms with Gasteiger partial charge in [-0.2, -0.15) is 0 Å². The minimum atomic E-state index is -0.0647. The first kappa shape index (κ1) is 11.4. The van der Waals surface area contributed by atoms with E-state index in [0.717, 1.165) is 32.2 Å². The van der Waals surface area contributed by atoms with E-state index in [0.29, 0.717) is 0 Å². The molecule has 0 radical (unpaired) electrons. The maximum atomic E-state index is 6.34. The second-order valence-corrected chi connectivity index (χ2v) is 5.19. The van der Waals surface area contributed by atoms with Crippen molar-refractivity contribution in [1.82, 2.24) is 4.90 Å². The van der Waals surface area contributed by atoms with Gasteiger partial charge in [-0.1, -0.05) is 13.3 Å². The molecule has 0 amide bonds. The molecule has 2 heterocycles. The summed E-state index contributed by atoms with van der Waals surface area (Å²) in [7, 11) is 0. The van der Waals surface area contributed by atoms with Crippen LogP contribution in [0.2, 0.25) is 0 Å². The van der Waals surface area contributed by atoms with Crippen LogP contribution in [0.5, 0.6) is 0 Å². The van der Waals surface area contributed by atoms with Gasteiger partial charge in [0.25, 0.3) is 0 Å². The van der Waals surface area contributed by atoms with E-state index in [-0.39, 0.29) is 5.54 Å². The summed E-state index contributed by atoms with van der Waals surface area (Å²) in [6.07, 6.45) is 6.38. The molecule has 3 nitrogen and oxygen atoms in total. The molecule has 0 aromatic heterocycles. The number of piperidine rings is 1. The Kier molecular flexibility index (Phi) is 3.65. The quantitative estimate of drug-likeness (QED) is 0.768. The smallest absolute Gasteiger partial charge is 0.0659 e. The van der Waals surface area contributed by atoms with Gasteiger partial charge in [-0.05, 0) is 32.2 Å². The lowest BCUT2D eigenvalue weighted by Crippen LogP contribution is -2.54. The second kappa shape index (κ2) is 4.81. The van der Waals surface area contributed by atoms with Gasteiger partial charge in [0.1, 0.15) is 0 Å². The van der Waals surface area contributed by atoms with Gasteiger partial charge < -0.3 is 10.5 Å². The van der Waals surface area contributed by atoms with Gasteiger partial charge in [-0.3, -0.25) is 4.90 Å². The Balaban J connectivity index is 1.90. The summed E-state index contributed by atoms with van der Waals surface area (Å²) in [5.74, 6) is 0. The van der Waals surface area contributed by atoms with Gasteiger partial charge in [-0.25, -0.2) is 0 Å². The van der Waals surface area contributed by atoms with E-state index >= 15 is 0 Å². The van der Waals surface area contributed by atoms with E-state index in [1.54, 1.807) is 0 Å². The van der Waals surface area contributed by atoms with Crippen LogP contribution in [0.25, 0.3) is 0 Å². The van der Waals surface area contributed by atoms with Crippen LogP contribution in [-0.4, -0.2) is 42.8 Å². The molecule has 2 aliphatic rings. The summed E-state index contributed by atoms with van der Waals surface area (Å²) >= 11 is 0. The molecule has 2 aliphatic heterocycles. The van der Waals surface area contributed by atoms with Gasteiger partial charge in [0.05, 0.1) is 12.1 Å². The molecule has 0 saturated carbocycles. The van der Waals surface area contributed by atoms with Crippen molar-refractivity contribution in [3.8, 4) is 0 Å². The normalized spacial score (nSPS) is 38.4. The van der Waals surface area contributed by atoms with Crippen LogP contribution in [0.1, 0.15) is 39.0 Å². The highest BCUT2D eigenvalue weighted by Crippen LogP contribution is 2.24. The number of likely N-dealkylation sites (tertiary alicyclic amines) is 1. The zero-order valence-electron chi connectivity index (χ0n) is 9.87. The summed E-state index contributed by atoms with van der Waals surface area (Å²) in [5.41, 5.74) is 6.28. The topological polar surface area (TPSA) is 38.5 Å². The van der Waals surface area contributed by atoms with Gasteiger partial charge in [0.2, 0.25) is 0 Å². The van der Waals surface area contributed by atoms with E-state index in [4.69, 9.17) is 10.5 Å². The predicted molar refractivity (Wildman–Crippen MR) is 61.9 cm³/mol. The standard InChI is InChI=1S/C12H24N2O/c1-2-11-5-3-4-7-14(11)9-12(13)6-8-15-10-12/h11H,2-10,13H2,1H3.